The van der Waals surface area contributed by atoms with Gasteiger partial charge in [0.2, 0.25) is 11.8 Å². The zero-order chi connectivity index (χ0) is 21.6. The first-order valence-electron chi connectivity index (χ1n) is 10.1. The summed E-state index contributed by atoms with van der Waals surface area (Å²) >= 11 is 6.33. The van der Waals surface area contributed by atoms with Crippen molar-refractivity contribution < 1.29 is 9.59 Å². The predicted molar refractivity (Wildman–Crippen MR) is 119 cm³/mol. The van der Waals surface area contributed by atoms with Gasteiger partial charge < -0.3 is 10.2 Å². The monoisotopic (exact) mass is 414 g/mol. The summed E-state index contributed by atoms with van der Waals surface area (Å²) in [7, 11) is 0. The van der Waals surface area contributed by atoms with Crippen molar-refractivity contribution in [3.8, 4) is 0 Å². The summed E-state index contributed by atoms with van der Waals surface area (Å²) in [4.78, 5) is 27.7. The third kappa shape index (κ3) is 6.33. The Bertz CT molecular complexity index is 866. The van der Waals surface area contributed by atoms with Gasteiger partial charge in [0.25, 0.3) is 0 Å². The molecule has 2 amide bonds. The Morgan fingerprint density at radius 2 is 1.76 bits per heavy atom. The van der Waals surface area contributed by atoms with Crippen LogP contribution < -0.4 is 5.32 Å². The van der Waals surface area contributed by atoms with E-state index in [1.54, 1.807) is 17.9 Å². The molecule has 0 aliphatic carbocycles. The lowest BCUT2D eigenvalue weighted by Gasteiger charge is -2.30. The first-order valence-corrected chi connectivity index (χ1v) is 10.5. The van der Waals surface area contributed by atoms with E-state index in [2.05, 4.69) is 5.32 Å². The van der Waals surface area contributed by atoms with Crippen LogP contribution in [-0.2, 0) is 22.6 Å². The van der Waals surface area contributed by atoms with Crippen molar-refractivity contribution in [3.05, 3.63) is 69.7 Å². The lowest BCUT2D eigenvalue weighted by molar-refractivity contribution is -0.140. The van der Waals surface area contributed by atoms with E-state index in [9.17, 15) is 9.59 Å². The maximum absolute atomic E-state index is 13.3. The third-order valence-electron chi connectivity index (χ3n) is 5.31. The van der Waals surface area contributed by atoms with E-state index in [1.807, 2.05) is 64.1 Å². The van der Waals surface area contributed by atoms with E-state index < -0.39 is 6.04 Å². The molecule has 0 aliphatic heterocycles. The molecule has 2 rings (SSSR count). The molecule has 4 nitrogen and oxygen atoms in total. The second kappa shape index (κ2) is 10.4. The summed E-state index contributed by atoms with van der Waals surface area (Å²) in [6, 6.07) is 13.0. The molecule has 0 aromatic heterocycles. The van der Waals surface area contributed by atoms with Crippen LogP contribution in [0.4, 0.5) is 0 Å². The van der Waals surface area contributed by atoms with Crippen molar-refractivity contribution >= 4 is 23.4 Å². The van der Waals surface area contributed by atoms with Crippen LogP contribution in [0, 0.1) is 13.8 Å². The third-order valence-corrected chi connectivity index (χ3v) is 5.68. The molecule has 1 N–H and O–H groups in total. The Morgan fingerprint density at radius 3 is 2.41 bits per heavy atom. The zero-order valence-electron chi connectivity index (χ0n) is 18.0. The normalized spacial score (nSPS) is 12.9. The van der Waals surface area contributed by atoms with Crippen molar-refractivity contribution in [1.29, 1.82) is 0 Å². The van der Waals surface area contributed by atoms with E-state index in [-0.39, 0.29) is 24.3 Å². The van der Waals surface area contributed by atoms with Gasteiger partial charge in [0.05, 0.1) is 6.42 Å². The van der Waals surface area contributed by atoms with E-state index in [1.165, 1.54) is 0 Å². The molecule has 156 valence electrons. The number of hydrogen-bond donors (Lipinski definition) is 1. The second-order valence-electron chi connectivity index (χ2n) is 7.71. The predicted octanol–water partition coefficient (Wildman–Crippen LogP) is 4.83. The topological polar surface area (TPSA) is 49.4 Å². The van der Waals surface area contributed by atoms with Gasteiger partial charge in [-0.25, -0.2) is 0 Å². The SMILES string of the molecule is CC[C@@H](C)NC(=O)[C@H](C)N(Cc1ccccc1Cl)C(=O)Cc1cc(C)ccc1C. The minimum Gasteiger partial charge on any atom is -0.352 e. The molecule has 2 aromatic rings. The van der Waals surface area contributed by atoms with Gasteiger partial charge in [0, 0.05) is 17.6 Å². The van der Waals surface area contributed by atoms with Crippen LogP contribution >= 0.6 is 11.6 Å². The van der Waals surface area contributed by atoms with Gasteiger partial charge >= 0.3 is 0 Å². The number of nitrogens with one attached hydrogen (secondary N) is 1. The van der Waals surface area contributed by atoms with Crippen molar-refractivity contribution in [2.45, 2.75) is 66.1 Å². The zero-order valence-corrected chi connectivity index (χ0v) is 18.7. The molecule has 29 heavy (non-hydrogen) atoms. The quantitative estimate of drug-likeness (QED) is 0.672. The van der Waals surface area contributed by atoms with Crippen LogP contribution in [0.3, 0.4) is 0 Å². The van der Waals surface area contributed by atoms with Gasteiger partial charge in [0.1, 0.15) is 6.04 Å². The fourth-order valence-corrected chi connectivity index (χ4v) is 3.31. The largest absolute Gasteiger partial charge is 0.352 e. The molecule has 0 spiro atoms. The Morgan fingerprint density at radius 1 is 1.07 bits per heavy atom. The first kappa shape index (κ1) is 23.0. The molecule has 5 heteroatoms. The van der Waals surface area contributed by atoms with Gasteiger partial charge in [-0.15, -0.1) is 0 Å². The van der Waals surface area contributed by atoms with Gasteiger partial charge in [-0.3, -0.25) is 9.59 Å². The Kier molecular flexibility index (Phi) is 8.27. The lowest BCUT2D eigenvalue weighted by atomic mass is 10.0. The van der Waals surface area contributed by atoms with Gasteiger partial charge in [-0.05, 0) is 56.9 Å². The van der Waals surface area contributed by atoms with Crippen LogP contribution in [0.1, 0.15) is 49.4 Å². The highest BCUT2D eigenvalue weighted by molar-refractivity contribution is 6.31. The number of benzene rings is 2. The summed E-state index contributed by atoms with van der Waals surface area (Å²) in [6.07, 6.45) is 1.08. The maximum Gasteiger partial charge on any atom is 0.242 e. The smallest absolute Gasteiger partial charge is 0.242 e. The van der Waals surface area contributed by atoms with Crippen LogP contribution in [-0.4, -0.2) is 28.8 Å². The highest BCUT2D eigenvalue weighted by Gasteiger charge is 2.27. The first-order chi connectivity index (χ1) is 13.7. The molecule has 0 aliphatic rings. The summed E-state index contributed by atoms with van der Waals surface area (Å²) in [5.41, 5.74) is 3.98. The standard InChI is InChI=1S/C24H31ClN2O2/c1-6-18(4)26-24(29)19(5)27(15-20-9-7-8-10-22(20)25)23(28)14-21-13-16(2)11-12-17(21)3/h7-13,18-19H,6,14-15H2,1-5H3,(H,26,29)/t18-,19+/m1/s1. The minimum atomic E-state index is -0.599. The van der Waals surface area contributed by atoms with Gasteiger partial charge in [0.15, 0.2) is 0 Å². The molecule has 0 heterocycles. The van der Waals surface area contributed by atoms with E-state index in [4.69, 9.17) is 11.6 Å². The molecule has 0 saturated heterocycles. The summed E-state index contributed by atoms with van der Waals surface area (Å²) in [5.74, 6) is -0.244. The average molecular weight is 415 g/mol. The van der Waals surface area contributed by atoms with Crippen LogP contribution in [0.15, 0.2) is 42.5 Å². The van der Waals surface area contributed by atoms with Crippen LogP contribution in [0.5, 0.6) is 0 Å². The maximum atomic E-state index is 13.3. The fourth-order valence-electron chi connectivity index (χ4n) is 3.11. The van der Waals surface area contributed by atoms with Gasteiger partial charge in [-0.2, -0.15) is 0 Å². The molecule has 0 fully saturated rings. The number of carbonyl (C=O) groups excluding carboxylic acids is 2. The molecule has 0 saturated carbocycles. The summed E-state index contributed by atoms with van der Waals surface area (Å²) in [6.45, 7) is 10.1. The molecular weight excluding hydrogens is 384 g/mol. The molecule has 2 aromatic carbocycles. The number of carbonyl (C=O) groups is 2. The number of rotatable bonds is 8. The van der Waals surface area contributed by atoms with E-state index in [0.29, 0.717) is 11.6 Å². The highest BCUT2D eigenvalue weighted by atomic mass is 35.5. The van der Waals surface area contributed by atoms with E-state index >= 15 is 0 Å². The Hall–Kier alpha value is -2.33. The molecule has 2 atom stereocenters. The fraction of sp³-hybridized carbons (Fsp3) is 0.417. The molecule has 0 radical (unpaired) electrons. The number of aryl methyl sites for hydroxylation is 2. The van der Waals surface area contributed by atoms with Crippen molar-refractivity contribution in [2.75, 3.05) is 0 Å². The summed E-state index contributed by atoms with van der Waals surface area (Å²) < 4.78 is 0. The molecular formula is C24H31ClN2O2. The van der Waals surface area contributed by atoms with Gasteiger partial charge in [-0.1, -0.05) is 60.5 Å². The average Bonchev–Trinajstić information content (AvgIpc) is 2.69. The minimum absolute atomic E-state index is 0.0567. The number of halogens is 1. The lowest BCUT2D eigenvalue weighted by Crippen LogP contribution is -2.50. The molecule has 0 bridgehead atoms. The van der Waals surface area contributed by atoms with Crippen molar-refractivity contribution in [3.63, 3.8) is 0 Å². The number of nitrogens with zero attached hydrogens (tertiary/aromatic N) is 1. The second-order valence-corrected chi connectivity index (χ2v) is 8.12. The number of amides is 2. The van der Waals surface area contributed by atoms with Crippen LogP contribution in [0.25, 0.3) is 0 Å². The summed E-state index contributed by atoms with van der Waals surface area (Å²) in [5, 5.41) is 3.57. The Balaban J connectivity index is 2.29. The van der Waals surface area contributed by atoms with Crippen molar-refractivity contribution in [1.82, 2.24) is 10.2 Å². The van der Waals surface area contributed by atoms with Crippen LogP contribution in [0.2, 0.25) is 5.02 Å². The molecule has 0 unspecified atom stereocenters. The van der Waals surface area contributed by atoms with E-state index in [0.717, 1.165) is 28.7 Å². The Labute approximate surface area is 179 Å². The van der Waals surface area contributed by atoms with Crippen molar-refractivity contribution in [2.24, 2.45) is 0 Å². The number of hydrogen-bond acceptors (Lipinski definition) is 2. The highest BCUT2D eigenvalue weighted by Crippen LogP contribution is 2.20.